The number of unbranched alkanes of at least 4 members (excludes halogenated alkanes) is 2. The van der Waals surface area contributed by atoms with Crippen LogP contribution in [0.5, 0.6) is 0 Å². The number of aliphatic hydroxyl groups is 1. The third-order valence-electron chi connectivity index (χ3n) is 5.38. The van der Waals surface area contributed by atoms with Crippen molar-refractivity contribution < 1.29 is 24.1 Å². The van der Waals surface area contributed by atoms with Gasteiger partial charge in [-0.3, -0.25) is 0 Å². The second-order valence-electron chi connectivity index (χ2n) is 7.58. The van der Waals surface area contributed by atoms with E-state index in [1.165, 1.54) is 31.9 Å². The zero-order chi connectivity index (χ0) is 21.4. The Morgan fingerprint density at radius 2 is 1.64 bits per heavy atom. The summed E-state index contributed by atoms with van der Waals surface area (Å²) in [6, 6.07) is 0. The SMILES string of the molecule is CCC(OC)C(C)CCCC/C=C/C=C(\C)CC(CC(OC)C(O)OC)OC. The van der Waals surface area contributed by atoms with Crippen LogP contribution in [0.2, 0.25) is 0 Å². The number of aliphatic hydroxyl groups excluding tert-OH is 1. The fourth-order valence-electron chi connectivity index (χ4n) is 3.47. The van der Waals surface area contributed by atoms with Crippen LogP contribution >= 0.6 is 0 Å². The molecule has 0 spiro atoms. The number of hydrogen-bond acceptors (Lipinski definition) is 5. The lowest BCUT2D eigenvalue weighted by atomic mass is 9.95. The summed E-state index contributed by atoms with van der Waals surface area (Å²) in [6.07, 6.45) is 12.8. The lowest BCUT2D eigenvalue weighted by Crippen LogP contribution is -2.33. The monoisotopic (exact) mass is 400 g/mol. The molecule has 1 N–H and O–H groups in total. The number of rotatable bonds is 17. The first kappa shape index (κ1) is 27.3. The Morgan fingerprint density at radius 3 is 2.18 bits per heavy atom. The van der Waals surface area contributed by atoms with Gasteiger partial charge in [0.05, 0.1) is 12.2 Å². The van der Waals surface area contributed by atoms with Crippen molar-refractivity contribution in [2.75, 3.05) is 28.4 Å². The van der Waals surface area contributed by atoms with Crippen LogP contribution in [0.3, 0.4) is 0 Å². The topological polar surface area (TPSA) is 57.2 Å². The quantitative estimate of drug-likeness (QED) is 0.214. The Kier molecular flexibility index (Phi) is 16.7. The highest BCUT2D eigenvalue weighted by atomic mass is 16.6. The van der Waals surface area contributed by atoms with E-state index < -0.39 is 12.4 Å². The van der Waals surface area contributed by atoms with Crippen molar-refractivity contribution in [1.82, 2.24) is 0 Å². The molecule has 5 heteroatoms. The molecular weight excluding hydrogens is 356 g/mol. The Labute approximate surface area is 173 Å². The predicted molar refractivity (Wildman–Crippen MR) is 115 cm³/mol. The maximum atomic E-state index is 9.80. The third-order valence-corrected chi connectivity index (χ3v) is 5.38. The average molecular weight is 401 g/mol. The fraction of sp³-hybridized carbons (Fsp3) is 0.826. The summed E-state index contributed by atoms with van der Waals surface area (Å²) >= 11 is 0. The van der Waals surface area contributed by atoms with Crippen molar-refractivity contribution in [3.05, 3.63) is 23.8 Å². The molecule has 0 rings (SSSR count). The first-order valence-electron chi connectivity index (χ1n) is 10.5. The minimum absolute atomic E-state index is 0.0202. The summed E-state index contributed by atoms with van der Waals surface area (Å²) in [5, 5.41) is 9.80. The van der Waals surface area contributed by atoms with Gasteiger partial charge < -0.3 is 24.1 Å². The number of allylic oxidation sites excluding steroid dienone is 3. The molecule has 0 fully saturated rings. The molecule has 0 aliphatic rings. The predicted octanol–water partition coefficient (Wildman–Crippen LogP) is 4.89. The van der Waals surface area contributed by atoms with Crippen LogP contribution in [0.15, 0.2) is 23.8 Å². The van der Waals surface area contributed by atoms with Crippen LogP contribution in [0.4, 0.5) is 0 Å². The van der Waals surface area contributed by atoms with Crippen molar-refractivity contribution in [3.8, 4) is 0 Å². The molecule has 0 heterocycles. The van der Waals surface area contributed by atoms with Gasteiger partial charge >= 0.3 is 0 Å². The van der Waals surface area contributed by atoms with Gasteiger partial charge in [-0.25, -0.2) is 0 Å². The van der Waals surface area contributed by atoms with Crippen LogP contribution < -0.4 is 0 Å². The third kappa shape index (κ3) is 12.0. The molecule has 0 bridgehead atoms. The van der Waals surface area contributed by atoms with E-state index in [0.29, 0.717) is 18.4 Å². The van der Waals surface area contributed by atoms with Crippen molar-refractivity contribution >= 4 is 0 Å². The zero-order valence-corrected chi connectivity index (χ0v) is 19.1. The van der Waals surface area contributed by atoms with Crippen molar-refractivity contribution in [2.24, 2.45) is 5.92 Å². The van der Waals surface area contributed by atoms with Gasteiger partial charge in [0.1, 0.15) is 6.10 Å². The average Bonchev–Trinajstić information content (AvgIpc) is 2.70. The second kappa shape index (κ2) is 17.2. The van der Waals surface area contributed by atoms with Gasteiger partial charge in [-0.2, -0.15) is 0 Å². The molecule has 0 aromatic rings. The maximum absolute atomic E-state index is 9.80. The van der Waals surface area contributed by atoms with E-state index in [-0.39, 0.29) is 6.10 Å². The molecule has 0 aliphatic carbocycles. The minimum atomic E-state index is -0.939. The Morgan fingerprint density at radius 1 is 0.964 bits per heavy atom. The minimum Gasteiger partial charge on any atom is -0.381 e. The van der Waals surface area contributed by atoms with Gasteiger partial charge in [0, 0.05) is 34.9 Å². The lowest BCUT2D eigenvalue weighted by Gasteiger charge is -2.24. The molecule has 5 nitrogen and oxygen atoms in total. The van der Waals surface area contributed by atoms with Crippen molar-refractivity contribution in [1.29, 1.82) is 0 Å². The van der Waals surface area contributed by atoms with Gasteiger partial charge in [0.2, 0.25) is 0 Å². The molecule has 0 radical (unpaired) electrons. The highest BCUT2D eigenvalue weighted by Crippen LogP contribution is 2.19. The summed E-state index contributed by atoms with van der Waals surface area (Å²) in [4.78, 5) is 0. The fourth-order valence-corrected chi connectivity index (χ4v) is 3.47. The summed E-state index contributed by atoms with van der Waals surface area (Å²) in [5.74, 6) is 0.625. The number of hydrogen-bond donors (Lipinski definition) is 1. The van der Waals surface area contributed by atoms with Gasteiger partial charge in [0.15, 0.2) is 6.29 Å². The summed E-state index contributed by atoms with van der Waals surface area (Å²) in [5.41, 5.74) is 1.24. The number of ether oxygens (including phenoxy) is 4. The molecule has 5 atom stereocenters. The summed E-state index contributed by atoms with van der Waals surface area (Å²) in [7, 11) is 6.54. The van der Waals surface area contributed by atoms with Crippen molar-refractivity contribution in [2.45, 2.75) is 90.3 Å². The number of methoxy groups -OCH3 is 4. The maximum Gasteiger partial charge on any atom is 0.180 e. The molecule has 5 unspecified atom stereocenters. The molecule has 0 saturated carbocycles. The molecule has 0 saturated heterocycles. The van der Waals surface area contributed by atoms with Gasteiger partial charge in [-0.1, -0.05) is 44.1 Å². The first-order chi connectivity index (χ1) is 13.4. The van der Waals surface area contributed by atoms with E-state index in [1.54, 1.807) is 14.2 Å². The van der Waals surface area contributed by atoms with E-state index in [1.807, 2.05) is 7.11 Å². The summed E-state index contributed by atoms with van der Waals surface area (Å²) in [6.45, 7) is 6.57. The van der Waals surface area contributed by atoms with Crippen LogP contribution in [0.25, 0.3) is 0 Å². The van der Waals surface area contributed by atoms with Crippen LogP contribution in [0.1, 0.15) is 65.7 Å². The molecule has 0 aromatic carbocycles. The Balaban J connectivity index is 4.21. The lowest BCUT2D eigenvalue weighted by molar-refractivity contribution is -0.164. The van der Waals surface area contributed by atoms with Crippen LogP contribution in [-0.4, -0.2) is 58.1 Å². The zero-order valence-electron chi connectivity index (χ0n) is 19.1. The highest BCUT2D eigenvalue weighted by Gasteiger charge is 2.23. The van der Waals surface area contributed by atoms with E-state index in [2.05, 4.69) is 39.0 Å². The second-order valence-corrected chi connectivity index (χ2v) is 7.58. The van der Waals surface area contributed by atoms with E-state index >= 15 is 0 Å². The smallest absolute Gasteiger partial charge is 0.180 e. The van der Waals surface area contributed by atoms with Crippen LogP contribution in [0, 0.1) is 5.92 Å². The van der Waals surface area contributed by atoms with Gasteiger partial charge in [-0.05, 0) is 44.9 Å². The molecule has 0 aliphatic heterocycles. The van der Waals surface area contributed by atoms with Crippen molar-refractivity contribution in [3.63, 3.8) is 0 Å². The summed E-state index contributed by atoms with van der Waals surface area (Å²) < 4.78 is 21.3. The standard InChI is InChI=1S/C23H44O5/c1-8-21(26-5)19(3)15-13-11-9-10-12-14-18(2)16-20(25-4)17-22(27-6)23(24)28-7/h10,12,14,19-24H,8-9,11,13,15-17H2,1-7H3/b12-10+,18-14+. The van der Waals surface area contributed by atoms with E-state index in [9.17, 15) is 5.11 Å². The van der Waals surface area contributed by atoms with E-state index in [4.69, 9.17) is 18.9 Å². The van der Waals surface area contributed by atoms with Gasteiger partial charge in [0.25, 0.3) is 0 Å². The highest BCUT2D eigenvalue weighted by molar-refractivity contribution is 5.11. The molecule has 0 aromatic heterocycles. The molecule has 0 amide bonds. The van der Waals surface area contributed by atoms with E-state index in [0.717, 1.165) is 19.3 Å². The van der Waals surface area contributed by atoms with Gasteiger partial charge in [-0.15, -0.1) is 0 Å². The first-order valence-corrected chi connectivity index (χ1v) is 10.5. The Bertz CT molecular complexity index is 417. The normalized spacial score (nSPS) is 18.2. The molecular formula is C23H44O5. The molecule has 166 valence electrons. The van der Waals surface area contributed by atoms with Crippen LogP contribution in [-0.2, 0) is 18.9 Å². The molecule has 28 heavy (non-hydrogen) atoms. The largest absolute Gasteiger partial charge is 0.381 e. The Hall–Kier alpha value is -0.720.